The number of carbonyl (C=O) groups is 2. The Kier molecular flexibility index (Phi) is 7.27. The summed E-state index contributed by atoms with van der Waals surface area (Å²) < 4.78 is 0. The molecule has 0 aliphatic rings. The van der Waals surface area contributed by atoms with E-state index >= 15 is 0 Å². The Morgan fingerprint density at radius 2 is 1.33 bits per heavy atom. The van der Waals surface area contributed by atoms with Gasteiger partial charge in [0.15, 0.2) is 5.78 Å². The number of hydrogen-bond donors (Lipinski definition) is 0. The van der Waals surface area contributed by atoms with Crippen LogP contribution in [-0.2, 0) is 9.59 Å². The van der Waals surface area contributed by atoms with E-state index in [1.165, 1.54) is 0 Å². The molecule has 2 nitrogen and oxygen atoms in total. The van der Waals surface area contributed by atoms with E-state index in [1.807, 2.05) is 13.8 Å². The van der Waals surface area contributed by atoms with Crippen LogP contribution in [0.4, 0.5) is 0 Å². The standard InChI is InChI=1S/C13H24O2/c1-5-10(6-2)9-12(14)13(15)11(7-3)8-4/h10-11H,5-9H2,1-4H3. The molecule has 0 amide bonds. The third-order valence-corrected chi connectivity index (χ3v) is 3.26. The lowest BCUT2D eigenvalue weighted by Gasteiger charge is -2.13. The molecule has 2 heteroatoms. The summed E-state index contributed by atoms with van der Waals surface area (Å²) >= 11 is 0. The van der Waals surface area contributed by atoms with Crippen LogP contribution in [0, 0.1) is 11.8 Å². The van der Waals surface area contributed by atoms with Gasteiger partial charge < -0.3 is 0 Å². The van der Waals surface area contributed by atoms with Gasteiger partial charge in [0.2, 0.25) is 5.78 Å². The summed E-state index contributed by atoms with van der Waals surface area (Å²) in [6.45, 7) is 8.08. The topological polar surface area (TPSA) is 34.1 Å². The lowest BCUT2D eigenvalue weighted by molar-refractivity contribution is -0.139. The largest absolute Gasteiger partial charge is 0.291 e. The van der Waals surface area contributed by atoms with Crippen LogP contribution in [0.2, 0.25) is 0 Å². The highest BCUT2D eigenvalue weighted by Gasteiger charge is 2.23. The third kappa shape index (κ3) is 4.59. The Morgan fingerprint density at radius 1 is 0.867 bits per heavy atom. The third-order valence-electron chi connectivity index (χ3n) is 3.26. The molecule has 0 aromatic carbocycles. The van der Waals surface area contributed by atoms with Crippen molar-refractivity contribution in [1.29, 1.82) is 0 Å². The van der Waals surface area contributed by atoms with Crippen molar-refractivity contribution in [2.24, 2.45) is 11.8 Å². The van der Waals surface area contributed by atoms with Crippen LogP contribution in [-0.4, -0.2) is 11.6 Å². The minimum absolute atomic E-state index is 0.0492. The molecule has 0 spiro atoms. The van der Waals surface area contributed by atoms with E-state index in [2.05, 4.69) is 13.8 Å². The molecule has 0 aromatic heterocycles. The van der Waals surface area contributed by atoms with E-state index in [0.717, 1.165) is 25.7 Å². The molecule has 0 unspecified atom stereocenters. The van der Waals surface area contributed by atoms with E-state index in [0.29, 0.717) is 12.3 Å². The van der Waals surface area contributed by atoms with Gasteiger partial charge in [0.25, 0.3) is 0 Å². The number of ketones is 2. The Hall–Kier alpha value is -0.660. The molecule has 0 N–H and O–H groups in total. The van der Waals surface area contributed by atoms with Crippen LogP contribution in [0.25, 0.3) is 0 Å². The minimum atomic E-state index is -0.155. The van der Waals surface area contributed by atoms with Gasteiger partial charge in [-0.2, -0.15) is 0 Å². The zero-order valence-electron chi connectivity index (χ0n) is 10.5. The molecule has 0 aliphatic carbocycles. The van der Waals surface area contributed by atoms with Crippen molar-refractivity contribution in [2.45, 2.75) is 59.8 Å². The quantitative estimate of drug-likeness (QED) is 0.578. The van der Waals surface area contributed by atoms with Gasteiger partial charge in [-0.25, -0.2) is 0 Å². The van der Waals surface area contributed by atoms with E-state index in [-0.39, 0.29) is 17.5 Å². The minimum Gasteiger partial charge on any atom is -0.291 e. The number of Topliss-reactive ketones (excluding diaryl/α,β-unsaturated/α-hetero) is 2. The molecule has 0 saturated carbocycles. The summed E-state index contributed by atoms with van der Waals surface area (Å²) in [6, 6.07) is 0. The van der Waals surface area contributed by atoms with Crippen LogP contribution in [0.1, 0.15) is 59.8 Å². The molecular formula is C13H24O2. The fourth-order valence-electron chi connectivity index (χ4n) is 1.83. The first-order valence-electron chi connectivity index (χ1n) is 6.17. The average molecular weight is 212 g/mol. The summed E-state index contributed by atoms with van der Waals surface area (Å²) in [5, 5.41) is 0. The van der Waals surface area contributed by atoms with E-state index < -0.39 is 0 Å². The zero-order chi connectivity index (χ0) is 11.8. The number of rotatable bonds is 8. The van der Waals surface area contributed by atoms with Gasteiger partial charge >= 0.3 is 0 Å². The van der Waals surface area contributed by atoms with Gasteiger partial charge in [-0.3, -0.25) is 9.59 Å². The van der Waals surface area contributed by atoms with Gasteiger partial charge in [0.1, 0.15) is 0 Å². The van der Waals surface area contributed by atoms with Crippen LogP contribution in [0.3, 0.4) is 0 Å². The fourth-order valence-corrected chi connectivity index (χ4v) is 1.83. The lowest BCUT2D eigenvalue weighted by atomic mass is 9.89. The molecule has 15 heavy (non-hydrogen) atoms. The number of carbonyl (C=O) groups excluding carboxylic acids is 2. The lowest BCUT2D eigenvalue weighted by Crippen LogP contribution is -2.24. The highest BCUT2D eigenvalue weighted by Crippen LogP contribution is 2.16. The second-order valence-corrected chi connectivity index (χ2v) is 4.19. The van der Waals surface area contributed by atoms with E-state index in [1.54, 1.807) is 0 Å². The maximum absolute atomic E-state index is 11.7. The smallest absolute Gasteiger partial charge is 0.201 e. The monoisotopic (exact) mass is 212 g/mol. The van der Waals surface area contributed by atoms with Gasteiger partial charge in [0.05, 0.1) is 0 Å². The normalized spacial score (nSPS) is 11.1. The number of hydrogen-bond acceptors (Lipinski definition) is 2. The first-order chi connectivity index (χ1) is 7.10. The molecule has 0 bridgehead atoms. The Bertz CT molecular complexity index is 201. The summed E-state index contributed by atoms with van der Waals surface area (Å²) in [4.78, 5) is 23.4. The van der Waals surface area contributed by atoms with Crippen molar-refractivity contribution in [3.8, 4) is 0 Å². The van der Waals surface area contributed by atoms with Crippen molar-refractivity contribution in [2.75, 3.05) is 0 Å². The predicted octanol–water partition coefficient (Wildman–Crippen LogP) is 3.39. The van der Waals surface area contributed by atoms with Crippen LogP contribution >= 0.6 is 0 Å². The van der Waals surface area contributed by atoms with E-state index in [9.17, 15) is 9.59 Å². The van der Waals surface area contributed by atoms with Crippen LogP contribution in [0.15, 0.2) is 0 Å². The second kappa shape index (κ2) is 7.61. The van der Waals surface area contributed by atoms with Crippen molar-refractivity contribution >= 4 is 11.6 Å². The first kappa shape index (κ1) is 14.3. The Balaban J connectivity index is 4.25. The molecule has 0 saturated heterocycles. The second-order valence-electron chi connectivity index (χ2n) is 4.19. The SMILES string of the molecule is CCC(CC)CC(=O)C(=O)C(CC)CC. The highest BCUT2D eigenvalue weighted by molar-refractivity contribution is 6.37. The van der Waals surface area contributed by atoms with Gasteiger partial charge in [-0.1, -0.05) is 40.5 Å². The first-order valence-corrected chi connectivity index (χ1v) is 6.17. The summed E-state index contributed by atoms with van der Waals surface area (Å²) in [5.74, 6) is 0.0342. The molecule has 0 aromatic rings. The molecule has 88 valence electrons. The van der Waals surface area contributed by atoms with Crippen molar-refractivity contribution in [3.05, 3.63) is 0 Å². The molecule has 0 aliphatic heterocycles. The molecule has 0 atom stereocenters. The Labute approximate surface area is 93.4 Å². The summed E-state index contributed by atoms with van der Waals surface area (Å²) in [7, 11) is 0. The maximum Gasteiger partial charge on any atom is 0.201 e. The highest BCUT2D eigenvalue weighted by atomic mass is 16.2. The molecular weight excluding hydrogens is 188 g/mol. The summed E-state index contributed by atoms with van der Waals surface area (Å²) in [6.07, 6.45) is 3.98. The van der Waals surface area contributed by atoms with Crippen molar-refractivity contribution in [1.82, 2.24) is 0 Å². The van der Waals surface area contributed by atoms with Gasteiger partial charge in [0, 0.05) is 12.3 Å². The van der Waals surface area contributed by atoms with Gasteiger partial charge in [-0.05, 0) is 18.8 Å². The molecule has 0 rings (SSSR count). The van der Waals surface area contributed by atoms with Crippen LogP contribution in [0.5, 0.6) is 0 Å². The predicted molar refractivity (Wildman–Crippen MR) is 62.8 cm³/mol. The van der Waals surface area contributed by atoms with Gasteiger partial charge in [-0.15, -0.1) is 0 Å². The summed E-state index contributed by atoms with van der Waals surface area (Å²) in [5.41, 5.74) is 0. The van der Waals surface area contributed by atoms with Crippen molar-refractivity contribution < 1.29 is 9.59 Å². The zero-order valence-corrected chi connectivity index (χ0v) is 10.5. The van der Waals surface area contributed by atoms with Crippen LogP contribution < -0.4 is 0 Å². The maximum atomic E-state index is 11.7. The molecule has 0 fully saturated rings. The Morgan fingerprint density at radius 3 is 1.67 bits per heavy atom. The molecule has 0 radical (unpaired) electrons. The fraction of sp³-hybridized carbons (Fsp3) is 0.846. The average Bonchev–Trinajstić information content (AvgIpc) is 2.26. The van der Waals surface area contributed by atoms with E-state index in [4.69, 9.17) is 0 Å². The van der Waals surface area contributed by atoms with Crippen molar-refractivity contribution in [3.63, 3.8) is 0 Å². The molecule has 0 heterocycles.